The van der Waals surface area contributed by atoms with E-state index in [0.29, 0.717) is 11.4 Å². The maximum Gasteiger partial charge on any atom is 0.269 e. The van der Waals surface area contributed by atoms with E-state index in [1.807, 2.05) is 24.3 Å². The van der Waals surface area contributed by atoms with Crippen molar-refractivity contribution >= 4 is 57.7 Å². The molecule has 5 heterocycles. The van der Waals surface area contributed by atoms with E-state index < -0.39 is 9.85 Å². The Morgan fingerprint density at radius 2 is 0.600 bits per heavy atom. The van der Waals surface area contributed by atoms with Gasteiger partial charge in [-0.1, -0.05) is 119 Å². The topological polar surface area (TPSA) is 144 Å². The summed E-state index contributed by atoms with van der Waals surface area (Å²) in [7, 11) is 0. The summed E-state index contributed by atoms with van der Waals surface area (Å²) in [5.41, 5.74) is 17.1. The average molecular weight is 929 g/mol. The third-order valence-corrected chi connectivity index (χ3v) is 13.4. The molecule has 9 rings (SSSR count). The predicted octanol–water partition coefficient (Wildman–Crippen LogP) is 16.3. The van der Waals surface area contributed by atoms with Crippen LogP contribution in [0.4, 0.5) is 11.4 Å². The molecule has 70 heavy (non-hydrogen) atoms. The summed E-state index contributed by atoms with van der Waals surface area (Å²) in [6, 6.07) is 35.2. The van der Waals surface area contributed by atoms with E-state index in [0.717, 1.165) is 78.0 Å². The summed E-state index contributed by atoms with van der Waals surface area (Å²) in [4.78, 5) is 41.6. The van der Waals surface area contributed by atoms with Gasteiger partial charge in [0.2, 0.25) is 0 Å². The van der Waals surface area contributed by atoms with Crippen LogP contribution in [0.25, 0.3) is 90.9 Å². The quantitative estimate of drug-likeness (QED) is 0.125. The lowest BCUT2D eigenvalue weighted by Gasteiger charge is -2.26. The summed E-state index contributed by atoms with van der Waals surface area (Å²) in [6.45, 7) is 26.9. The minimum atomic E-state index is -0.400. The molecule has 0 amide bonds. The molecule has 8 bridgehead atoms. The molecule has 0 fully saturated rings. The number of rotatable bonds is 6. The van der Waals surface area contributed by atoms with Gasteiger partial charge in [-0.25, -0.2) is 9.97 Å². The lowest BCUT2D eigenvalue weighted by Crippen LogP contribution is -2.16. The van der Waals surface area contributed by atoms with Crippen LogP contribution >= 0.6 is 0 Å². The third kappa shape index (κ3) is 9.13. The second kappa shape index (κ2) is 17.1. The van der Waals surface area contributed by atoms with E-state index in [1.54, 1.807) is 24.3 Å². The maximum atomic E-state index is 11.9. The first-order valence-electron chi connectivity index (χ1n) is 23.8. The highest BCUT2D eigenvalue weighted by atomic mass is 16.6. The molecule has 10 nitrogen and oxygen atoms in total. The Kier molecular flexibility index (Phi) is 11.5. The van der Waals surface area contributed by atoms with Crippen LogP contribution in [0.15, 0.2) is 109 Å². The largest absolute Gasteiger partial charge is 0.354 e. The van der Waals surface area contributed by atoms with Crippen LogP contribution in [0.3, 0.4) is 0 Å². The molecule has 0 radical (unpaired) electrons. The number of hydrogen-bond donors (Lipinski definition) is 2. The molecule has 0 spiro atoms. The molecule has 2 aliphatic heterocycles. The zero-order valence-corrected chi connectivity index (χ0v) is 42.1. The second-order valence-corrected chi connectivity index (χ2v) is 22.7. The Bertz CT molecular complexity index is 3210. The van der Waals surface area contributed by atoms with Crippen LogP contribution in [0.5, 0.6) is 0 Å². The summed E-state index contributed by atoms with van der Waals surface area (Å²) in [6.07, 6.45) is 8.15. The number of nitrogens with zero attached hydrogens (tertiary/aromatic N) is 4. The molecule has 0 saturated heterocycles. The molecule has 4 aromatic carbocycles. The van der Waals surface area contributed by atoms with Crippen molar-refractivity contribution in [1.29, 1.82) is 0 Å². The normalized spacial score (nSPS) is 13.0. The van der Waals surface area contributed by atoms with Crippen LogP contribution in [0, 0.1) is 20.2 Å². The Hall–Kier alpha value is -7.72. The monoisotopic (exact) mass is 928 g/mol. The van der Waals surface area contributed by atoms with Crippen molar-refractivity contribution in [2.24, 2.45) is 0 Å². The van der Waals surface area contributed by atoms with Crippen LogP contribution < -0.4 is 0 Å². The summed E-state index contributed by atoms with van der Waals surface area (Å²) >= 11 is 0. The van der Waals surface area contributed by atoms with Gasteiger partial charge in [-0.2, -0.15) is 0 Å². The van der Waals surface area contributed by atoms with Gasteiger partial charge in [-0.05, 0) is 139 Å². The van der Waals surface area contributed by atoms with Crippen molar-refractivity contribution in [3.63, 3.8) is 0 Å². The predicted molar refractivity (Wildman–Crippen MR) is 289 cm³/mol. The van der Waals surface area contributed by atoms with Gasteiger partial charge < -0.3 is 9.97 Å². The van der Waals surface area contributed by atoms with Gasteiger partial charge in [0.15, 0.2) is 0 Å². The molecule has 354 valence electrons. The van der Waals surface area contributed by atoms with Crippen molar-refractivity contribution in [2.45, 2.75) is 105 Å². The number of benzene rings is 4. The zero-order valence-electron chi connectivity index (χ0n) is 42.1. The minimum Gasteiger partial charge on any atom is -0.354 e. The standard InChI is InChI=1S/C60H60N6O4/c1-57(2,3)39-29-37(30-40(33-39)58(4,5)6)55-49-25-23-47(62-49)53(35-13-17-43(18-14-35)65(67)68)45-21-22-46(61-45)54(36-15-19-44(20-16-36)66(69)70)48-24-26-50(63-48)56(52-28-27-51(55)64-52)38-31-41(59(7,8)9)34-42(32-38)60(10,11)12/h13-34,62-63H,1-12H3. The fourth-order valence-corrected chi connectivity index (χ4v) is 9.20. The number of nitrogens with one attached hydrogen (secondary N) is 2. The zero-order chi connectivity index (χ0) is 50.2. The van der Waals surface area contributed by atoms with Crippen LogP contribution in [0.2, 0.25) is 0 Å². The van der Waals surface area contributed by atoms with Crippen molar-refractivity contribution in [3.05, 3.63) is 174 Å². The lowest BCUT2D eigenvalue weighted by atomic mass is 9.78. The summed E-state index contributed by atoms with van der Waals surface area (Å²) < 4.78 is 0. The highest BCUT2D eigenvalue weighted by molar-refractivity contribution is 6.00. The van der Waals surface area contributed by atoms with E-state index >= 15 is 0 Å². The molecule has 7 aromatic rings. The van der Waals surface area contributed by atoms with Gasteiger partial charge in [0.1, 0.15) is 0 Å². The fraction of sp³-hybridized carbons (Fsp3) is 0.267. The van der Waals surface area contributed by atoms with Gasteiger partial charge in [0.25, 0.3) is 11.4 Å². The SMILES string of the molecule is CC(C)(C)c1cc(-c2c3nc(c(-c4cc(C(C)(C)C)cc(C(C)(C)C)c4)c4ccc([nH]4)c(-c4ccc([N+](=O)[O-])cc4)c4nc(c(-c5ccc([N+](=O)[O-])cc5)c5ccc2[nH]5)C=C4)C=C3)cc(C(C)(C)C)c1. The van der Waals surface area contributed by atoms with Crippen LogP contribution in [-0.2, 0) is 21.7 Å². The number of nitro groups is 2. The number of nitro benzene ring substituents is 2. The Morgan fingerprint density at radius 3 is 0.829 bits per heavy atom. The van der Waals surface area contributed by atoms with Crippen LogP contribution in [0.1, 0.15) is 128 Å². The Morgan fingerprint density at radius 1 is 0.357 bits per heavy atom. The number of aromatic amines is 2. The van der Waals surface area contributed by atoms with E-state index in [4.69, 9.17) is 9.97 Å². The molecular weight excluding hydrogens is 869 g/mol. The number of aromatic nitrogens is 4. The number of hydrogen-bond acceptors (Lipinski definition) is 6. The lowest BCUT2D eigenvalue weighted by molar-refractivity contribution is -0.385. The molecule has 0 atom stereocenters. The second-order valence-electron chi connectivity index (χ2n) is 22.7. The minimum absolute atomic E-state index is 0.0183. The van der Waals surface area contributed by atoms with Crippen molar-refractivity contribution in [3.8, 4) is 44.5 Å². The molecule has 2 aliphatic rings. The molecule has 2 N–H and O–H groups in total. The third-order valence-electron chi connectivity index (χ3n) is 13.4. The van der Waals surface area contributed by atoms with Crippen molar-refractivity contribution < 1.29 is 9.85 Å². The van der Waals surface area contributed by atoms with Gasteiger partial charge in [0, 0.05) is 68.6 Å². The average Bonchev–Trinajstić information content (AvgIpc) is 4.14. The molecule has 0 unspecified atom stereocenters. The Balaban J connectivity index is 1.50. The molecule has 10 heteroatoms. The van der Waals surface area contributed by atoms with Gasteiger partial charge in [-0.15, -0.1) is 0 Å². The summed E-state index contributed by atoms with van der Waals surface area (Å²) in [5, 5.41) is 23.7. The molecule has 3 aromatic heterocycles. The fourth-order valence-electron chi connectivity index (χ4n) is 9.20. The highest BCUT2D eigenvalue weighted by Crippen LogP contribution is 2.43. The molecule has 0 saturated carbocycles. The first-order chi connectivity index (χ1) is 32.8. The number of non-ortho nitro benzene ring substituents is 2. The molecule has 0 aliphatic carbocycles. The number of fused-ring (bicyclic) bond motifs is 8. The molecular formula is C60H60N6O4. The Labute approximate surface area is 409 Å². The van der Waals surface area contributed by atoms with E-state index in [1.165, 1.54) is 46.5 Å². The van der Waals surface area contributed by atoms with Gasteiger partial charge in [-0.3, -0.25) is 20.2 Å². The first kappa shape index (κ1) is 47.4. The van der Waals surface area contributed by atoms with Crippen molar-refractivity contribution in [1.82, 2.24) is 19.9 Å². The van der Waals surface area contributed by atoms with Crippen LogP contribution in [-0.4, -0.2) is 29.8 Å². The highest BCUT2D eigenvalue weighted by Gasteiger charge is 2.26. The number of H-pyrrole nitrogens is 2. The maximum absolute atomic E-state index is 11.9. The van der Waals surface area contributed by atoms with Gasteiger partial charge in [0.05, 0.1) is 32.6 Å². The van der Waals surface area contributed by atoms with E-state index in [2.05, 4.69) is 154 Å². The van der Waals surface area contributed by atoms with E-state index in [9.17, 15) is 20.2 Å². The van der Waals surface area contributed by atoms with Crippen molar-refractivity contribution in [2.75, 3.05) is 0 Å². The smallest absolute Gasteiger partial charge is 0.269 e. The van der Waals surface area contributed by atoms with E-state index in [-0.39, 0.29) is 33.0 Å². The summed E-state index contributed by atoms with van der Waals surface area (Å²) in [5.74, 6) is 0. The van der Waals surface area contributed by atoms with Gasteiger partial charge >= 0.3 is 0 Å². The first-order valence-corrected chi connectivity index (χ1v) is 23.8.